The van der Waals surface area contributed by atoms with E-state index < -0.39 is 48.2 Å². The maximum atomic E-state index is 12.9. The van der Waals surface area contributed by atoms with E-state index in [0.29, 0.717) is 25.2 Å². The van der Waals surface area contributed by atoms with E-state index in [-0.39, 0.29) is 27.4 Å². The predicted octanol–water partition coefficient (Wildman–Crippen LogP) is 12.8. The molecule has 0 aliphatic carbocycles. The van der Waals surface area contributed by atoms with E-state index in [1.54, 1.807) is 48.5 Å². The monoisotopic (exact) mass is 959 g/mol. The fourth-order valence-electron chi connectivity index (χ4n) is 7.14. The van der Waals surface area contributed by atoms with Gasteiger partial charge in [0, 0.05) is 0 Å². The van der Waals surface area contributed by atoms with E-state index in [0.717, 1.165) is 74.7 Å². The SMILES string of the molecule is CCCCCCC(C(C)=O)S(=O)(=O)c1cccc(C(C)(C)C)c1.CCCCCCCCCCCCC(C(=O)O)S(=O)(=O)c1ccccc1.CCCOc1ccc(OC(C)C(=O)O)c(CC)c1. The van der Waals surface area contributed by atoms with Crippen LogP contribution in [-0.2, 0) is 45.9 Å². The number of carbonyl (C=O) groups excluding carboxylic acids is 1. The Morgan fingerprint density at radius 3 is 1.58 bits per heavy atom. The first kappa shape index (κ1) is 59.8. The molecule has 66 heavy (non-hydrogen) atoms. The fraction of sp³-hybridized carbons (Fsp3) is 0.604. The van der Waals surface area contributed by atoms with Crippen molar-refractivity contribution in [2.75, 3.05) is 6.61 Å². The molecule has 3 rings (SSSR count). The lowest BCUT2D eigenvalue weighted by Crippen LogP contribution is -2.30. The second-order valence-corrected chi connectivity index (χ2v) is 22.3. The van der Waals surface area contributed by atoms with Crippen LogP contribution in [0.1, 0.15) is 183 Å². The molecule has 11 nitrogen and oxygen atoms in total. The van der Waals surface area contributed by atoms with Gasteiger partial charge in [0.05, 0.1) is 16.4 Å². The van der Waals surface area contributed by atoms with E-state index in [4.69, 9.17) is 14.6 Å². The van der Waals surface area contributed by atoms with Crippen LogP contribution in [0.5, 0.6) is 11.5 Å². The molecule has 0 aliphatic rings. The molecule has 3 aromatic carbocycles. The molecule has 0 saturated carbocycles. The molecule has 0 saturated heterocycles. The number of hydrogen-bond donors (Lipinski definition) is 2. The minimum absolute atomic E-state index is 0.0921. The molecular weight excluding hydrogens is 877 g/mol. The summed E-state index contributed by atoms with van der Waals surface area (Å²) < 4.78 is 61.7. The predicted molar refractivity (Wildman–Crippen MR) is 266 cm³/mol. The molecule has 0 radical (unpaired) electrons. The van der Waals surface area contributed by atoms with Crippen LogP contribution in [-0.4, -0.2) is 68.0 Å². The van der Waals surface area contributed by atoms with Crippen LogP contribution in [0.25, 0.3) is 0 Å². The lowest BCUT2D eigenvalue weighted by molar-refractivity contribution is -0.144. The van der Waals surface area contributed by atoms with Crippen molar-refractivity contribution in [1.82, 2.24) is 0 Å². The van der Waals surface area contributed by atoms with Crippen molar-refractivity contribution in [3.05, 3.63) is 83.9 Å². The van der Waals surface area contributed by atoms with Gasteiger partial charge in [-0.25, -0.2) is 21.6 Å². The Morgan fingerprint density at radius 1 is 0.591 bits per heavy atom. The largest absolute Gasteiger partial charge is 0.494 e. The lowest BCUT2D eigenvalue weighted by Gasteiger charge is -2.21. The van der Waals surface area contributed by atoms with Crippen molar-refractivity contribution < 1.29 is 50.9 Å². The summed E-state index contributed by atoms with van der Waals surface area (Å²) in [5, 5.41) is 15.9. The quantitative estimate of drug-likeness (QED) is 0.0633. The van der Waals surface area contributed by atoms with Gasteiger partial charge < -0.3 is 19.7 Å². The van der Waals surface area contributed by atoms with Crippen LogP contribution in [0.3, 0.4) is 0 Å². The van der Waals surface area contributed by atoms with Gasteiger partial charge in [-0.05, 0) is 98.5 Å². The number of carbonyl (C=O) groups is 3. The molecule has 3 unspecified atom stereocenters. The van der Waals surface area contributed by atoms with Crippen molar-refractivity contribution in [2.45, 2.75) is 210 Å². The maximum Gasteiger partial charge on any atom is 0.344 e. The standard InChI is InChI=1S/C20H32O4S.C19H30O3S.C14H20O4/c1-2-3-4-5-6-7-8-9-10-14-17-19(20(21)22)25(23,24)18-15-12-11-13-16-18;1-6-7-8-9-13-18(15(2)20)23(21,22)17-12-10-11-16(14-17)19(3,4)5;1-4-8-17-12-6-7-13(11(5-2)9-12)18-10(3)14(15)16/h11-13,15-16,19H,2-10,14,17H2,1H3,(H,21,22);10-12,14,18H,6-9,13H2,1-5H3;6-7,9-10H,4-5,8H2,1-3H3,(H,15,16). The zero-order valence-corrected chi connectivity index (χ0v) is 43.1. The maximum absolute atomic E-state index is 12.9. The number of carboxylic acids is 2. The van der Waals surface area contributed by atoms with Crippen molar-refractivity contribution in [1.29, 1.82) is 0 Å². The Bertz CT molecular complexity index is 2070. The number of ether oxygens (including phenoxy) is 2. The van der Waals surface area contributed by atoms with Crippen molar-refractivity contribution in [3.8, 4) is 11.5 Å². The van der Waals surface area contributed by atoms with E-state index in [9.17, 15) is 36.3 Å². The second-order valence-electron chi connectivity index (χ2n) is 18.0. The molecule has 0 bridgehead atoms. The summed E-state index contributed by atoms with van der Waals surface area (Å²) in [6.07, 6.45) is 16.8. The number of sulfone groups is 2. The number of hydrogen-bond acceptors (Lipinski definition) is 9. The Balaban J connectivity index is 0.000000501. The van der Waals surface area contributed by atoms with Crippen molar-refractivity contribution in [2.24, 2.45) is 0 Å². The van der Waals surface area contributed by atoms with Gasteiger partial charge in [0.25, 0.3) is 0 Å². The molecular formula is C53H82O11S2. The summed E-state index contributed by atoms with van der Waals surface area (Å²) in [7, 11) is -7.43. The molecule has 2 N–H and O–H groups in total. The van der Waals surface area contributed by atoms with E-state index in [1.807, 2.05) is 46.8 Å². The number of unbranched alkanes of at least 4 members (excludes halogenated alkanes) is 12. The first-order valence-electron chi connectivity index (χ1n) is 24.2. The molecule has 0 aromatic heterocycles. The zero-order chi connectivity index (χ0) is 49.8. The van der Waals surface area contributed by atoms with Crippen molar-refractivity contribution >= 4 is 37.4 Å². The number of rotatable bonds is 29. The highest BCUT2D eigenvalue weighted by Crippen LogP contribution is 2.29. The summed E-state index contributed by atoms with van der Waals surface area (Å²) in [6, 6.07) is 20.4. The Morgan fingerprint density at radius 2 is 1.09 bits per heavy atom. The first-order chi connectivity index (χ1) is 31.2. The van der Waals surface area contributed by atoms with Crippen LogP contribution in [0, 0.1) is 0 Å². The summed E-state index contributed by atoms with van der Waals surface area (Å²) in [4.78, 5) is 34.5. The Labute approximate surface area is 398 Å². The Hall–Kier alpha value is -4.23. The first-order valence-corrected chi connectivity index (χ1v) is 27.3. The number of aliphatic carboxylic acids is 2. The highest BCUT2D eigenvalue weighted by molar-refractivity contribution is 7.93. The smallest absolute Gasteiger partial charge is 0.344 e. The van der Waals surface area contributed by atoms with Gasteiger partial charge >= 0.3 is 11.9 Å². The number of carboxylic acid groups (broad SMARTS) is 2. The normalized spacial score (nSPS) is 12.9. The molecule has 0 amide bonds. The number of aryl methyl sites for hydroxylation is 1. The van der Waals surface area contributed by atoms with Gasteiger partial charge in [-0.2, -0.15) is 0 Å². The minimum atomic E-state index is -3.81. The van der Waals surface area contributed by atoms with Crippen molar-refractivity contribution in [3.63, 3.8) is 0 Å². The molecule has 0 spiro atoms. The summed E-state index contributed by atoms with van der Waals surface area (Å²) >= 11 is 0. The van der Waals surface area contributed by atoms with Crippen LogP contribution in [0.15, 0.2) is 82.6 Å². The second kappa shape index (κ2) is 31.7. The summed E-state index contributed by atoms with van der Waals surface area (Å²) in [5.74, 6) is -1.08. The van der Waals surface area contributed by atoms with Gasteiger partial charge in [0.15, 0.2) is 31.0 Å². The highest BCUT2D eigenvalue weighted by atomic mass is 32.2. The molecule has 13 heteroatoms. The lowest BCUT2D eigenvalue weighted by atomic mass is 9.87. The van der Waals surface area contributed by atoms with Gasteiger partial charge in [-0.1, -0.05) is 169 Å². The van der Waals surface area contributed by atoms with Crippen LogP contribution in [0.4, 0.5) is 0 Å². The fourth-order valence-corrected chi connectivity index (χ4v) is 10.5. The van der Waals surface area contributed by atoms with Gasteiger partial charge in [-0.15, -0.1) is 0 Å². The molecule has 0 heterocycles. The van der Waals surface area contributed by atoms with Gasteiger partial charge in [0.1, 0.15) is 22.5 Å². The zero-order valence-electron chi connectivity index (χ0n) is 41.5. The van der Waals surface area contributed by atoms with Crippen LogP contribution < -0.4 is 9.47 Å². The topological polar surface area (TPSA) is 178 Å². The third-order valence-corrected chi connectivity index (χ3v) is 15.6. The molecule has 3 atom stereocenters. The molecule has 3 aromatic rings. The highest BCUT2D eigenvalue weighted by Gasteiger charge is 2.34. The van der Waals surface area contributed by atoms with E-state index in [1.165, 1.54) is 64.5 Å². The third kappa shape index (κ3) is 22.0. The number of benzene rings is 3. The van der Waals surface area contributed by atoms with Gasteiger partial charge in [0.2, 0.25) is 0 Å². The molecule has 0 fully saturated rings. The molecule has 0 aliphatic heterocycles. The van der Waals surface area contributed by atoms with Crippen LogP contribution >= 0.6 is 0 Å². The summed E-state index contributed by atoms with van der Waals surface area (Å²) in [6.45, 7) is 18.1. The average molecular weight is 959 g/mol. The van der Waals surface area contributed by atoms with Gasteiger partial charge in [-0.3, -0.25) is 9.59 Å². The minimum Gasteiger partial charge on any atom is -0.494 e. The van der Waals surface area contributed by atoms with Crippen LogP contribution in [0.2, 0.25) is 0 Å². The number of Topliss-reactive ketones (excluding diaryl/α,β-unsaturated/α-hetero) is 1. The summed E-state index contributed by atoms with van der Waals surface area (Å²) in [5.41, 5.74) is 1.79. The third-order valence-electron chi connectivity index (χ3n) is 11.3. The van der Waals surface area contributed by atoms with E-state index in [2.05, 4.69) is 13.8 Å². The number of ketones is 1. The Kier molecular flexibility index (Phi) is 28.7. The average Bonchev–Trinajstić information content (AvgIpc) is 3.27. The molecule has 372 valence electrons. The van der Waals surface area contributed by atoms with E-state index >= 15 is 0 Å².